The average Bonchev–Trinajstić information content (AvgIpc) is 3.42. The van der Waals surface area contributed by atoms with E-state index in [0.717, 1.165) is 63.8 Å². The lowest BCUT2D eigenvalue weighted by molar-refractivity contribution is 0.0738. The van der Waals surface area contributed by atoms with Crippen LogP contribution in [0.15, 0.2) is 24.4 Å². The fourth-order valence-corrected chi connectivity index (χ4v) is 8.03. The van der Waals surface area contributed by atoms with Crippen molar-refractivity contribution in [3.05, 3.63) is 40.5 Å². The van der Waals surface area contributed by atoms with Crippen molar-refractivity contribution >= 4 is 28.3 Å². The van der Waals surface area contributed by atoms with Gasteiger partial charge >= 0.3 is 6.01 Å². The van der Waals surface area contributed by atoms with E-state index in [-0.39, 0.29) is 17.0 Å². The molecule has 4 heterocycles. The Labute approximate surface area is 250 Å². The minimum atomic E-state index is 0.109. The van der Waals surface area contributed by atoms with Crippen molar-refractivity contribution in [1.29, 1.82) is 0 Å². The van der Waals surface area contributed by atoms with Crippen LogP contribution in [0.5, 0.6) is 6.01 Å². The first-order valence-corrected chi connectivity index (χ1v) is 15.8. The molecule has 1 N–H and O–H groups in total. The maximum absolute atomic E-state index is 6.69. The summed E-state index contributed by atoms with van der Waals surface area (Å²) in [5, 5.41) is 5.41. The number of benzene rings is 1. The zero-order valence-corrected chi connectivity index (χ0v) is 26.3. The molecule has 0 bridgehead atoms. The third kappa shape index (κ3) is 5.08. The molecule has 3 fully saturated rings. The lowest BCUT2D eigenvalue weighted by Gasteiger charge is -2.47. The van der Waals surface area contributed by atoms with Crippen molar-refractivity contribution in [1.82, 2.24) is 24.8 Å². The number of anilines is 1. The van der Waals surface area contributed by atoms with Gasteiger partial charge in [-0.3, -0.25) is 9.88 Å². The van der Waals surface area contributed by atoms with Gasteiger partial charge in [0.1, 0.15) is 12.4 Å². The van der Waals surface area contributed by atoms with Gasteiger partial charge in [-0.15, -0.1) is 0 Å². The summed E-state index contributed by atoms with van der Waals surface area (Å²) in [4.78, 5) is 20.0. The van der Waals surface area contributed by atoms with Crippen LogP contribution in [0.25, 0.3) is 22.2 Å². The lowest BCUT2D eigenvalue weighted by atomic mass is 9.75. The molecule has 2 atom stereocenters. The minimum Gasteiger partial charge on any atom is -0.461 e. The number of pyridine rings is 1. The first-order valence-electron chi connectivity index (χ1n) is 15.4. The predicted octanol–water partition coefficient (Wildman–Crippen LogP) is 6.93. The summed E-state index contributed by atoms with van der Waals surface area (Å²) in [5.74, 6) is 1.77. The van der Waals surface area contributed by atoms with E-state index in [9.17, 15) is 0 Å². The highest BCUT2D eigenvalue weighted by Gasteiger charge is 2.48. The molecule has 1 aliphatic carbocycles. The highest BCUT2D eigenvalue weighted by molar-refractivity contribution is 6.31. The topological polar surface area (TPSA) is 66.4 Å². The number of rotatable bonds is 9. The summed E-state index contributed by atoms with van der Waals surface area (Å²) < 4.78 is 6.54. The van der Waals surface area contributed by atoms with E-state index in [1.165, 1.54) is 38.5 Å². The Kier molecular flexibility index (Phi) is 7.66. The Bertz CT molecular complexity index is 1440. The minimum absolute atomic E-state index is 0.109. The third-order valence-corrected chi connectivity index (χ3v) is 10.5. The number of aromatic nitrogens is 3. The predicted molar refractivity (Wildman–Crippen MR) is 168 cm³/mol. The van der Waals surface area contributed by atoms with E-state index >= 15 is 0 Å². The second-order valence-electron chi connectivity index (χ2n) is 13.4. The summed E-state index contributed by atoms with van der Waals surface area (Å²) in [6.45, 7) is 12.6. The number of fused-ring (bicyclic) bond motifs is 2. The summed E-state index contributed by atoms with van der Waals surface area (Å²) in [7, 11) is 4.36. The van der Waals surface area contributed by atoms with Crippen LogP contribution in [0, 0.1) is 12.8 Å². The van der Waals surface area contributed by atoms with Crippen molar-refractivity contribution < 1.29 is 4.74 Å². The van der Waals surface area contributed by atoms with Crippen molar-refractivity contribution in [2.24, 2.45) is 5.92 Å². The maximum atomic E-state index is 6.69. The van der Waals surface area contributed by atoms with E-state index in [2.05, 4.69) is 63.0 Å². The molecule has 0 spiro atoms. The van der Waals surface area contributed by atoms with Crippen LogP contribution in [0.1, 0.15) is 76.3 Å². The van der Waals surface area contributed by atoms with Crippen LogP contribution >= 0.6 is 11.6 Å². The number of ether oxygens (including phenoxy) is 1. The molecule has 2 saturated heterocycles. The first-order chi connectivity index (χ1) is 19.6. The smallest absolute Gasteiger partial charge is 0.319 e. The summed E-state index contributed by atoms with van der Waals surface area (Å²) >= 11 is 6.69. The summed E-state index contributed by atoms with van der Waals surface area (Å²) in [5.41, 5.74) is 5.24. The molecule has 7 nitrogen and oxygen atoms in total. The Morgan fingerprint density at radius 2 is 1.98 bits per heavy atom. The molecule has 0 radical (unpaired) electrons. The molecule has 8 heteroatoms. The standard InChI is InChI=1S/C33H45ClN6O/c1-21(2)27-24(10-7-11-26(27)34)28-23(4)29-25(17-35-28)30(36-19-32(39(5)6)12-8-13-32)38-31(37-29)41-20-33-14-9-15-40(33)18-22(3)16-33/h7,10-11,17,21-22H,8-9,12-16,18-20H2,1-6H3,(H,36,37,38)/t22-,33+/m1/s1. The summed E-state index contributed by atoms with van der Waals surface area (Å²) in [6.07, 6.45) is 9.15. The average molecular weight is 577 g/mol. The Morgan fingerprint density at radius 1 is 1.17 bits per heavy atom. The number of hydrogen-bond acceptors (Lipinski definition) is 7. The van der Waals surface area contributed by atoms with Crippen LogP contribution in [0.3, 0.4) is 0 Å². The van der Waals surface area contributed by atoms with Gasteiger partial charge < -0.3 is 15.0 Å². The van der Waals surface area contributed by atoms with Crippen LogP contribution < -0.4 is 10.1 Å². The highest BCUT2D eigenvalue weighted by atomic mass is 35.5. The molecule has 41 heavy (non-hydrogen) atoms. The monoisotopic (exact) mass is 576 g/mol. The molecule has 6 rings (SSSR count). The Balaban J connectivity index is 1.40. The fraction of sp³-hybridized carbons (Fsp3) is 0.606. The largest absolute Gasteiger partial charge is 0.461 e. The molecule has 2 aromatic heterocycles. The van der Waals surface area contributed by atoms with Crippen molar-refractivity contribution in [3.8, 4) is 17.3 Å². The summed E-state index contributed by atoms with van der Waals surface area (Å²) in [6, 6.07) is 6.53. The first kappa shape index (κ1) is 28.6. The molecule has 0 amide bonds. The molecule has 3 aromatic rings. The van der Waals surface area contributed by atoms with Gasteiger partial charge in [-0.25, -0.2) is 0 Å². The normalized spacial score (nSPS) is 23.8. The van der Waals surface area contributed by atoms with E-state index in [4.69, 9.17) is 31.3 Å². The second-order valence-corrected chi connectivity index (χ2v) is 13.8. The van der Waals surface area contributed by atoms with Gasteiger partial charge in [0.25, 0.3) is 0 Å². The highest BCUT2D eigenvalue weighted by Crippen LogP contribution is 2.42. The van der Waals surface area contributed by atoms with Gasteiger partial charge in [0.15, 0.2) is 0 Å². The van der Waals surface area contributed by atoms with Gasteiger partial charge in [-0.05, 0) is 89.6 Å². The van der Waals surface area contributed by atoms with Crippen LogP contribution in [-0.4, -0.2) is 76.2 Å². The SMILES string of the molecule is Cc1c(-c2cccc(Cl)c2C(C)C)ncc2c(NCC3(N(C)C)CCC3)nc(OC[C@@]34CCCN3C[C@H](C)C4)nc12. The van der Waals surface area contributed by atoms with Crippen molar-refractivity contribution in [2.75, 3.05) is 45.7 Å². The molecule has 1 saturated carbocycles. The zero-order chi connectivity index (χ0) is 28.9. The Morgan fingerprint density at radius 3 is 2.68 bits per heavy atom. The number of nitrogens with zero attached hydrogens (tertiary/aromatic N) is 5. The zero-order valence-electron chi connectivity index (χ0n) is 25.6. The number of hydrogen-bond donors (Lipinski definition) is 1. The van der Waals surface area contributed by atoms with Crippen LogP contribution in [-0.2, 0) is 0 Å². The molecule has 2 aliphatic heterocycles. The third-order valence-electron chi connectivity index (χ3n) is 10.1. The number of halogens is 1. The lowest BCUT2D eigenvalue weighted by Crippen LogP contribution is -2.54. The second kappa shape index (κ2) is 11.0. The van der Waals surface area contributed by atoms with Gasteiger partial charge in [0.05, 0.1) is 22.1 Å². The molecule has 220 valence electrons. The van der Waals surface area contributed by atoms with Crippen LogP contribution in [0.4, 0.5) is 5.82 Å². The van der Waals surface area contributed by atoms with E-state index < -0.39 is 0 Å². The molecular formula is C33H45ClN6O. The van der Waals surface area contributed by atoms with Gasteiger partial charge in [-0.1, -0.05) is 44.5 Å². The van der Waals surface area contributed by atoms with Gasteiger partial charge in [0, 0.05) is 41.0 Å². The molecule has 3 aliphatic rings. The van der Waals surface area contributed by atoms with E-state index in [1.807, 2.05) is 18.3 Å². The van der Waals surface area contributed by atoms with Crippen molar-refractivity contribution in [3.63, 3.8) is 0 Å². The Hall–Kier alpha value is -2.48. The number of aryl methyl sites for hydroxylation is 1. The quantitative estimate of drug-likeness (QED) is 0.296. The van der Waals surface area contributed by atoms with E-state index in [1.54, 1.807) is 0 Å². The maximum Gasteiger partial charge on any atom is 0.319 e. The number of nitrogens with one attached hydrogen (secondary N) is 1. The number of likely N-dealkylation sites (N-methyl/N-ethyl adjacent to an activating group) is 1. The van der Waals surface area contributed by atoms with Gasteiger partial charge in [0.2, 0.25) is 0 Å². The van der Waals surface area contributed by atoms with Gasteiger partial charge in [-0.2, -0.15) is 9.97 Å². The molecular weight excluding hydrogens is 532 g/mol. The van der Waals surface area contributed by atoms with Crippen molar-refractivity contribution in [2.45, 2.75) is 83.2 Å². The molecule has 0 unspecified atom stereocenters. The van der Waals surface area contributed by atoms with Crippen LogP contribution in [0.2, 0.25) is 5.02 Å². The fourth-order valence-electron chi connectivity index (χ4n) is 7.63. The molecule has 1 aromatic carbocycles. The van der Waals surface area contributed by atoms with E-state index in [0.29, 0.717) is 18.5 Å².